The molecule has 1 aliphatic rings. The van der Waals surface area contributed by atoms with Gasteiger partial charge in [0.1, 0.15) is 24.6 Å². The molecule has 0 saturated carbocycles. The molecule has 1 aromatic carbocycles. The number of aldehydes is 1. The molecule has 34 heavy (non-hydrogen) atoms. The summed E-state index contributed by atoms with van der Waals surface area (Å²) in [7, 11) is 0.452. The molecule has 0 N–H and O–H groups in total. The van der Waals surface area contributed by atoms with Crippen LogP contribution in [0, 0.1) is 0 Å². The van der Waals surface area contributed by atoms with Gasteiger partial charge >= 0.3 is 0 Å². The van der Waals surface area contributed by atoms with Crippen LogP contribution in [-0.2, 0) is 15.8 Å². The first-order valence-corrected chi connectivity index (χ1v) is 12.6. The number of benzene rings is 1. The summed E-state index contributed by atoms with van der Waals surface area (Å²) in [6.07, 6.45) is 14.8. The van der Waals surface area contributed by atoms with Gasteiger partial charge in [0.15, 0.2) is 0 Å². The Morgan fingerprint density at radius 2 is 1.88 bits per heavy atom. The van der Waals surface area contributed by atoms with Crippen LogP contribution in [0.3, 0.4) is 0 Å². The van der Waals surface area contributed by atoms with Crippen LogP contribution in [0.25, 0.3) is 0 Å². The quantitative estimate of drug-likeness (QED) is 0.235. The minimum absolute atomic E-state index is 0.198. The number of allylic oxidation sites excluding steroid dienone is 7. The van der Waals surface area contributed by atoms with Crippen molar-refractivity contribution in [2.24, 2.45) is 0 Å². The summed E-state index contributed by atoms with van der Waals surface area (Å²) in [5.74, 6) is 0. The molecule has 2 unspecified atom stereocenters. The van der Waals surface area contributed by atoms with Gasteiger partial charge in [0.25, 0.3) is 0 Å². The minimum Gasteiger partial charge on any atom is -0.298 e. The Bertz CT molecular complexity index is 1110. The monoisotopic (exact) mass is 472 g/mol. The third-order valence-electron chi connectivity index (χ3n) is 6.02. The van der Waals surface area contributed by atoms with Crippen LogP contribution in [0.1, 0.15) is 45.7 Å². The second kappa shape index (κ2) is 13.2. The number of hydrogen-bond donors (Lipinski definition) is 0. The topological polar surface area (TPSA) is 37.4 Å². The highest BCUT2D eigenvalue weighted by Gasteiger charge is 2.39. The average Bonchev–Trinajstić information content (AvgIpc) is 2.88. The molecule has 0 aliphatic carbocycles. The lowest BCUT2D eigenvalue weighted by molar-refractivity contribution is -0.105. The molecule has 1 heterocycles. The highest BCUT2D eigenvalue weighted by molar-refractivity contribution is 7.86. The smallest absolute Gasteiger partial charge is 0.148 e. The van der Waals surface area contributed by atoms with Crippen LogP contribution in [0.4, 0.5) is 0 Å². The fraction of sp³-hybridized carbons (Fsp3) is 0.276. The first-order chi connectivity index (χ1) is 16.3. The fourth-order valence-corrected chi connectivity index (χ4v) is 5.12. The molecule has 1 aliphatic heterocycles. The van der Waals surface area contributed by atoms with Gasteiger partial charge in [0, 0.05) is 10.5 Å². The number of nitrogens with zero attached hydrogens (tertiary/aromatic N) is 1. The van der Waals surface area contributed by atoms with Crippen LogP contribution in [-0.4, -0.2) is 28.1 Å². The van der Waals surface area contributed by atoms with Crippen LogP contribution >= 0.6 is 0 Å². The zero-order valence-corrected chi connectivity index (χ0v) is 21.8. The van der Waals surface area contributed by atoms with Crippen LogP contribution in [0.2, 0.25) is 6.82 Å². The van der Waals surface area contributed by atoms with Crippen molar-refractivity contribution in [1.82, 2.24) is 4.31 Å². The maximum absolute atomic E-state index is 14.0. The van der Waals surface area contributed by atoms with E-state index in [2.05, 4.69) is 25.3 Å². The first kappa shape index (κ1) is 27.5. The van der Waals surface area contributed by atoms with Gasteiger partial charge in [0.2, 0.25) is 0 Å². The van der Waals surface area contributed by atoms with E-state index in [1.807, 2.05) is 88.6 Å². The Morgan fingerprint density at radius 3 is 2.47 bits per heavy atom. The zero-order chi connectivity index (χ0) is 25.3. The molecule has 0 saturated heterocycles. The van der Waals surface area contributed by atoms with Crippen LogP contribution in [0.15, 0.2) is 107 Å². The van der Waals surface area contributed by atoms with Gasteiger partial charge in [-0.05, 0) is 51.3 Å². The highest BCUT2D eigenvalue weighted by Crippen LogP contribution is 2.39. The molecule has 0 aromatic heterocycles. The van der Waals surface area contributed by atoms with E-state index in [4.69, 9.17) is 0 Å². The largest absolute Gasteiger partial charge is 0.298 e. The van der Waals surface area contributed by atoms with Crippen LogP contribution < -0.4 is 5.46 Å². The lowest BCUT2D eigenvalue weighted by atomic mass is 9.72. The molecule has 1 aromatic rings. The van der Waals surface area contributed by atoms with E-state index in [1.54, 1.807) is 12.2 Å². The number of rotatable bonds is 10. The standard InChI is InChI=1S/C29H35BNO2S/c1-8-21(4)14-15-23(6)34(33)31-28(25-12-11-13-27(19-25)30-7)17-16-26(20-32)29(31)24(10-3)18-22(5)9-2/h8-16,18-20,28-29H,3,6,17H2,1-2,4-5,7H3/b15-14-,21-8-,22-9-,24-18+/t28?,29-,34?/m0/s1. The van der Waals surface area contributed by atoms with Crippen molar-refractivity contribution in [3.8, 4) is 0 Å². The molecule has 177 valence electrons. The summed E-state index contributed by atoms with van der Waals surface area (Å²) < 4.78 is 15.9. The average molecular weight is 472 g/mol. The predicted octanol–water partition coefficient (Wildman–Crippen LogP) is 6.08. The second-order valence-corrected chi connectivity index (χ2v) is 9.70. The summed E-state index contributed by atoms with van der Waals surface area (Å²) in [5, 5.41) is 0. The Morgan fingerprint density at radius 1 is 1.18 bits per heavy atom. The van der Waals surface area contributed by atoms with E-state index < -0.39 is 17.0 Å². The Hall–Kier alpha value is -2.76. The fourth-order valence-electron chi connectivity index (χ4n) is 3.79. The maximum atomic E-state index is 14.0. The van der Waals surface area contributed by atoms with Crippen molar-refractivity contribution in [2.75, 3.05) is 0 Å². The first-order valence-electron chi connectivity index (χ1n) is 11.5. The van der Waals surface area contributed by atoms with Gasteiger partial charge in [-0.25, -0.2) is 8.51 Å². The van der Waals surface area contributed by atoms with Gasteiger partial charge in [0.05, 0.1) is 12.1 Å². The molecule has 3 nitrogen and oxygen atoms in total. The van der Waals surface area contributed by atoms with Crippen molar-refractivity contribution in [3.05, 3.63) is 113 Å². The summed E-state index contributed by atoms with van der Waals surface area (Å²) in [5.41, 5.74) is 5.64. The molecule has 2 rings (SSSR count). The lowest BCUT2D eigenvalue weighted by Gasteiger charge is -2.41. The van der Waals surface area contributed by atoms with E-state index in [0.29, 0.717) is 16.9 Å². The zero-order valence-electron chi connectivity index (χ0n) is 21.0. The SMILES string of the molecule is C=C/C(=C\C(C)=C/C)[C@H]1C(C=O)=CCC(c2cccc([B]C)c2)N1S(=O)C(=C)/C=C\C(C)=C/C. The van der Waals surface area contributed by atoms with Crippen molar-refractivity contribution >= 4 is 30.0 Å². The Labute approximate surface area is 208 Å². The molecule has 0 fully saturated rings. The highest BCUT2D eigenvalue weighted by atomic mass is 32.2. The van der Waals surface area contributed by atoms with Gasteiger partial charge in [-0.3, -0.25) is 4.79 Å². The summed E-state index contributed by atoms with van der Waals surface area (Å²) in [6.45, 7) is 18.0. The molecule has 5 heteroatoms. The molecule has 0 bridgehead atoms. The third-order valence-corrected chi connectivity index (χ3v) is 7.46. The summed E-state index contributed by atoms with van der Waals surface area (Å²) >= 11 is 0. The normalized spacial score (nSPS) is 21.2. The summed E-state index contributed by atoms with van der Waals surface area (Å²) in [6, 6.07) is 7.52. The molecular weight excluding hydrogens is 437 g/mol. The van der Waals surface area contributed by atoms with Crippen molar-refractivity contribution in [2.45, 2.75) is 53.0 Å². The molecule has 0 amide bonds. The van der Waals surface area contributed by atoms with E-state index in [-0.39, 0.29) is 6.04 Å². The van der Waals surface area contributed by atoms with E-state index >= 15 is 0 Å². The lowest BCUT2D eigenvalue weighted by Crippen LogP contribution is -2.45. The molecule has 0 spiro atoms. The van der Waals surface area contributed by atoms with E-state index in [0.717, 1.165) is 34.0 Å². The van der Waals surface area contributed by atoms with E-state index in [1.165, 1.54) is 0 Å². The molecule has 1 radical (unpaired) electrons. The summed E-state index contributed by atoms with van der Waals surface area (Å²) in [4.78, 5) is 12.6. The van der Waals surface area contributed by atoms with Crippen molar-refractivity contribution < 1.29 is 9.00 Å². The molecular formula is C29H35BNO2S. The minimum atomic E-state index is -1.59. The number of carbonyl (C=O) groups is 1. The maximum Gasteiger partial charge on any atom is 0.148 e. The van der Waals surface area contributed by atoms with E-state index in [9.17, 15) is 9.00 Å². The second-order valence-electron chi connectivity index (χ2n) is 8.26. The Balaban J connectivity index is 2.72. The molecule has 3 atom stereocenters. The van der Waals surface area contributed by atoms with Gasteiger partial charge in [-0.2, -0.15) is 0 Å². The van der Waals surface area contributed by atoms with Crippen LogP contribution in [0.5, 0.6) is 0 Å². The predicted molar refractivity (Wildman–Crippen MR) is 148 cm³/mol. The van der Waals surface area contributed by atoms with Crippen molar-refractivity contribution in [1.29, 1.82) is 0 Å². The van der Waals surface area contributed by atoms with Gasteiger partial charge in [-0.1, -0.05) is 97.3 Å². The van der Waals surface area contributed by atoms with Gasteiger partial charge in [-0.15, -0.1) is 0 Å². The Kier molecular flexibility index (Phi) is 10.7. The van der Waals surface area contributed by atoms with Crippen molar-refractivity contribution in [3.63, 3.8) is 0 Å². The third kappa shape index (κ3) is 6.65. The number of hydrogen-bond acceptors (Lipinski definition) is 2. The van der Waals surface area contributed by atoms with Gasteiger partial charge < -0.3 is 0 Å². The number of carbonyl (C=O) groups excluding carboxylic acids is 1.